The second-order valence-electron chi connectivity index (χ2n) is 4.78. The Labute approximate surface area is 99.7 Å². The van der Waals surface area contributed by atoms with Gasteiger partial charge in [-0.15, -0.1) is 0 Å². The summed E-state index contributed by atoms with van der Waals surface area (Å²) in [6, 6.07) is 0. The highest BCUT2D eigenvalue weighted by molar-refractivity contribution is 5.96. The summed E-state index contributed by atoms with van der Waals surface area (Å²) >= 11 is 0. The third kappa shape index (κ3) is 3.66. The number of hydrogen-bond donors (Lipinski definition) is 0. The Kier molecular flexibility index (Phi) is 5.58. The lowest BCUT2D eigenvalue weighted by Crippen LogP contribution is -2.26. The molecule has 0 amide bonds. The van der Waals surface area contributed by atoms with Gasteiger partial charge >= 0.3 is 0 Å². The summed E-state index contributed by atoms with van der Waals surface area (Å²) in [6.07, 6.45) is 7.80. The quantitative estimate of drug-likeness (QED) is 0.666. The molecule has 1 unspecified atom stereocenters. The number of nitrogens with zero attached hydrogens (tertiary/aromatic N) is 1. The van der Waals surface area contributed by atoms with E-state index in [1.165, 1.54) is 19.3 Å². The van der Waals surface area contributed by atoms with Crippen molar-refractivity contribution < 1.29 is 4.79 Å². The van der Waals surface area contributed by atoms with Gasteiger partial charge in [0, 0.05) is 30.8 Å². The molecule has 1 fully saturated rings. The van der Waals surface area contributed by atoms with E-state index in [0.717, 1.165) is 31.5 Å². The lowest BCUT2D eigenvalue weighted by Gasteiger charge is -2.26. The Morgan fingerprint density at radius 1 is 1.25 bits per heavy atom. The fraction of sp³-hybridized carbons (Fsp3) is 0.786. The lowest BCUT2D eigenvalue weighted by atomic mass is 9.96. The number of carbonyl (C=O) groups is 1. The first-order chi connectivity index (χ1) is 7.69. The average molecular weight is 223 g/mol. The van der Waals surface area contributed by atoms with Gasteiger partial charge in [0.2, 0.25) is 0 Å². The van der Waals surface area contributed by atoms with Gasteiger partial charge in [0.25, 0.3) is 0 Å². The van der Waals surface area contributed by atoms with E-state index >= 15 is 0 Å². The summed E-state index contributed by atoms with van der Waals surface area (Å²) < 4.78 is 0. The van der Waals surface area contributed by atoms with Crippen LogP contribution in [0.2, 0.25) is 0 Å². The van der Waals surface area contributed by atoms with Gasteiger partial charge in [0.05, 0.1) is 0 Å². The zero-order valence-corrected chi connectivity index (χ0v) is 11.0. The van der Waals surface area contributed by atoms with E-state index in [4.69, 9.17) is 0 Å². The number of rotatable bonds is 5. The molecule has 0 aromatic heterocycles. The fourth-order valence-corrected chi connectivity index (χ4v) is 2.10. The predicted molar refractivity (Wildman–Crippen MR) is 68.3 cm³/mol. The first-order valence-electron chi connectivity index (χ1n) is 6.68. The normalized spacial score (nSPS) is 19.7. The van der Waals surface area contributed by atoms with Gasteiger partial charge in [0.15, 0.2) is 5.78 Å². The molecule has 1 aliphatic heterocycles. The summed E-state index contributed by atoms with van der Waals surface area (Å²) in [7, 11) is 0. The first kappa shape index (κ1) is 13.3. The predicted octanol–water partition coefficient (Wildman–Crippen LogP) is 3.38. The van der Waals surface area contributed by atoms with Gasteiger partial charge in [0.1, 0.15) is 0 Å². The van der Waals surface area contributed by atoms with Gasteiger partial charge in [-0.25, -0.2) is 0 Å². The Bertz CT molecular complexity index is 251. The van der Waals surface area contributed by atoms with Crippen LogP contribution in [0.3, 0.4) is 0 Å². The number of Topliss-reactive ketones (excluding diaryl/α,β-unsaturated/α-hetero) is 1. The average Bonchev–Trinajstić information content (AvgIpc) is 2.35. The highest BCUT2D eigenvalue weighted by Gasteiger charge is 2.16. The van der Waals surface area contributed by atoms with Gasteiger partial charge in [-0.2, -0.15) is 0 Å². The van der Waals surface area contributed by atoms with Crippen molar-refractivity contribution in [2.45, 2.75) is 52.9 Å². The molecule has 1 saturated heterocycles. The van der Waals surface area contributed by atoms with Gasteiger partial charge in [-0.1, -0.05) is 20.8 Å². The molecule has 0 spiro atoms. The number of piperidine rings is 1. The van der Waals surface area contributed by atoms with Gasteiger partial charge < -0.3 is 4.90 Å². The molecule has 1 heterocycles. The molecule has 16 heavy (non-hydrogen) atoms. The van der Waals surface area contributed by atoms with Crippen molar-refractivity contribution in [1.82, 2.24) is 4.90 Å². The minimum absolute atomic E-state index is 0.177. The van der Waals surface area contributed by atoms with Crippen LogP contribution in [0, 0.1) is 5.92 Å². The topological polar surface area (TPSA) is 20.3 Å². The van der Waals surface area contributed by atoms with E-state index < -0.39 is 0 Å². The van der Waals surface area contributed by atoms with Crippen molar-refractivity contribution >= 4 is 5.78 Å². The minimum atomic E-state index is 0.177. The Hall–Kier alpha value is -0.790. The summed E-state index contributed by atoms with van der Waals surface area (Å²) in [5, 5.41) is 0. The maximum absolute atomic E-state index is 12.1. The Morgan fingerprint density at radius 2 is 1.88 bits per heavy atom. The van der Waals surface area contributed by atoms with E-state index in [0.29, 0.717) is 5.78 Å². The lowest BCUT2D eigenvalue weighted by molar-refractivity contribution is -0.119. The van der Waals surface area contributed by atoms with E-state index in [9.17, 15) is 4.79 Å². The SMILES string of the molecule is CCC(=CN1CCCCC1)C(=O)C(C)CC. The third-order valence-electron chi connectivity index (χ3n) is 3.49. The van der Waals surface area contributed by atoms with Gasteiger partial charge in [-0.3, -0.25) is 4.79 Å². The summed E-state index contributed by atoms with van der Waals surface area (Å²) in [4.78, 5) is 14.4. The standard InChI is InChI=1S/C14H25NO/c1-4-12(3)14(16)13(5-2)11-15-9-7-6-8-10-15/h11-12H,4-10H2,1-3H3. The molecule has 0 bridgehead atoms. The molecule has 0 aliphatic carbocycles. The van der Waals surface area contributed by atoms with Crippen molar-refractivity contribution in [3.05, 3.63) is 11.8 Å². The molecule has 1 aliphatic rings. The molecular formula is C14H25NO. The van der Waals surface area contributed by atoms with Crippen molar-refractivity contribution in [3.63, 3.8) is 0 Å². The first-order valence-corrected chi connectivity index (χ1v) is 6.68. The van der Waals surface area contributed by atoms with Crippen LogP contribution >= 0.6 is 0 Å². The maximum Gasteiger partial charge on any atom is 0.163 e. The molecule has 1 rings (SSSR count). The summed E-state index contributed by atoms with van der Waals surface area (Å²) in [5.74, 6) is 0.520. The zero-order chi connectivity index (χ0) is 12.0. The fourth-order valence-electron chi connectivity index (χ4n) is 2.10. The zero-order valence-electron chi connectivity index (χ0n) is 11.0. The second-order valence-corrected chi connectivity index (χ2v) is 4.78. The highest BCUT2D eigenvalue weighted by atomic mass is 16.1. The molecule has 92 valence electrons. The largest absolute Gasteiger partial charge is 0.377 e. The number of allylic oxidation sites excluding steroid dienone is 1. The van der Waals surface area contributed by atoms with Crippen molar-refractivity contribution in [2.24, 2.45) is 5.92 Å². The molecular weight excluding hydrogens is 198 g/mol. The van der Waals surface area contributed by atoms with Crippen LogP contribution in [0.4, 0.5) is 0 Å². The molecule has 0 radical (unpaired) electrons. The van der Waals surface area contributed by atoms with Crippen molar-refractivity contribution in [2.75, 3.05) is 13.1 Å². The Morgan fingerprint density at radius 3 is 2.38 bits per heavy atom. The van der Waals surface area contributed by atoms with Crippen molar-refractivity contribution in [3.8, 4) is 0 Å². The number of ketones is 1. The van der Waals surface area contributed by atoms with E-state index in [1.807, 2.05) is 6.92 Å². The minimum Gasteiger partial charge on any atom is -0.377 e. The molecule has 0 N–H and O–H groups in total. The monoisotopic (exact) mass is 223 g/mol. The van der Waals surface area contributed by atoms with Crippen LogP contribution < -0.4 is 0 Å². The number of carbonyl (C=O) groups excluding carboxylic acids is 1. The number of likely N-dealkylation sites (tertiary alicyclic amines) is 1. The third-order valence-corrected chi connectivity index (χ3v) is 3.49. The van der Waals surface area contributed by atoms with Crippen LogP contribution in [0.15, 0.2) is 11.8 Å². The summed E-state index contributed by atoms with van der Waals surface area (Å²) in [5.41, 5.74) is 1.01. The molecule has 2 heteroatoms. The number of hydrogen-bond acceptors (Lipinski definition) is 2. The van der Waals surface area contributed by atoms with E-state index in [2.05, 4.69) is 24.9 Å². The van der Waals surface area contributed by atoms with E-state index in [1.54, 1.807) is 0 Å². The van der Waals surface area contributed by atoms with Crippen LogP contribution in [-0.4, -0.2) is 23.8 Å². The van der Waals surface area contributed by atoms with Crippen LogP contribution in [-0.2, 0) is 4.79 Å². The summed E-state index contributed by atoms with van der Waals surface area (Å²) in [6.45, 7) is 8.43. The van der Waals surface area contributed by atoms with Crippen LogP contribution in [0.25, 0.3) is 0 Å². The van der Waals surface area contributed by atoms with E-state index in [-0.39, 0.29) is 5.92 Å². The van der Waals surface area contributed by atoms with Gasteiger partial charge in [-0.05, 0) is 32.1 Å². The second kappa shape index (κ2) is 6.72. The maximum atomic E-state index is 12.1. The molecule has 0 aromatic carbocycles. The molecule has 0 aromatic rings. The van der Waals surface area contributed by atoms with Crippen LogP contribution in [0.1, 0.15) is 52.9 Å². The molecule has 1 atom stereocenters. The highest BCUT2D eigenvalue weighted by Crippen LogP contribution is 2.16. The van der Waals surface area contributed by atoms with Crippen molar-refractivity contribution in [1.29, 1.82) is 0 Å². The Balaban J connectivity index is 2.64. The van der Waals surface area contributed by atoms with Crippen LogP contribution in [0.5, 0.6) is 0 Å². The molecule has 0 saturated carbocycles. The smallest absolute Gasteiger partial charge is 0.163 e. The molecule has 2 nitrogen and oxygen atoms in total.